The lowest BCUT2D eigenvalue weighted by Crippen LogP contribution is -2.38. The van der Waals surface area contributed by atoms with Crippen molar-refractivity contribution in [1.29, 1.82) is 0 Å². The van der Waals surface area contributed by atoms with Gasteiger partial charge in [-0.25, -0.2) is 0 Å². The summed E-state index contributed by atoms with van der Waals surface area (Å²) in [5.41, 5.74) is 1.82. The van der Waals surface area contributed by atoms with Crippen LogP contribution in [0.1, 0.15) is 29.6 Å². The van der Waals surface area contributed by atoms with Crippen LogP contribution in [-0.2, 0) is 0 Å². The molecule has 1 aliphatic rings. The van der Waals surface area contributed by atoms with Gasteiger partial charge in [0.2, 0.25) is 0 Å². The smallest absolute Gasteiger partial charge is 0.253 e. The van der Waals surface area contributed by atoms with E-state index >= 15 is 0 Å². The third-order valence-electron chi connectivity index (χ3n) is 4.56. The number of hydrogen-bond acceptors (Lipinski definition) is 2. The van der Waals surface area contributed by atoms with Gasteiger partial charge in [-0.1, -0.05) is 6.42 Å². The maximum Gasteiger partial charge on any atom is 0.253 e. The van der Waals surface area contributed by atoms with E-state index in [9.17, 15) is 4.79 Å². The van der Waals surface area contributed by atoms with Crippen LogP contribution in [0.15, 0.2) is 48.8 Å². The Morgan fingerprint density at radius 1 is 1.04 bits per heavy atom. The number of piperidine rings is 1. The van der Waals surface area contributed by atoms with E-state index in [0.29, 0.717) is 0 Å². The second kappa shape index (κ2) is 7.47. The number of aromatic nitrogens is 1. The van der Waals surface area contributed by atoms with Crippen LogP contribution >= 0.6 is 0 Å². The first-order valence-electron chi connectivity index (χ1n) is 8.45. The van der Waals surface area contributed by atoms with Crippen molar-refractivity contribution in [2.45, 2.75) is 19.3 Å². The predicted octanol–water partition coefficient (Wildman–Crippen LogP) is 3.04. The molecule has 1 amide bonds. The normalized spacial score (nSPS) is 15.5. The third kappa shape index (κ3) is 4.02. The van der Waals surface area contributed by atoms with Crippen LogP contribution in [0.5, 0.6) is 0 Å². The number of likely N-dealkylation sites (tertiary alicyclic amines) is 1. The SMILES string of the molecule is CN(CCN1CCCCC1)C(=O)c1ccc(-n2cccc2)cc1. The second-order valence-corrected chi connectivity index (χ2v) is 6.27. The van der Waals surface area contributed by atoms with Crippen LogP contribution in [0.3, 0.4) is 0 Å². The Morgan fingerprint density at radius 2 is 1.70 bits per heavy atom. The second-order valence-electron chi connectivity index (χ2n) is 6.27. The summed E-state index contributed by atoms with van der Waals surface area (Å²) in [5.74, 6) is 0.0982. The van der Waals surface area contributed by atoms with Crippen molar-refractivity contribution in [3.8, 4) is 5.69 Å². The fourth-order valence-corrected chi connectivity index (χ4v) is 3.08. The van der Waals surface area contributed by atoms with Crippen LogP contribution in [-0.4, -0.2) is 53.5 Å². The van der Waals surface area contributed by atoms with Gasteiger partial charge in [0.15, 0.2) is 0 Å². The Kier molecular flexibility index (Phi) is 5.13. The van der Waals surface area contributed by atoms with Crippen molar-refractivity contribution >= 4 is 5.91 Å². The van der Waals surface area contributed by atoms with Gasteiger partial charge >= 0.3 is 0 Å². The van der Waals surface area contributed by atoms with E-state index in [1.54, 1.807) is 0 Å². The number of amides is 1. The zero-order chi connectivity index (χ0) is 16.1. The lowest BCUT2D eigenvalue weighted by Gasteiger charge is -2.28. The molecular weight excluding hydrogens is 286 g/mol. The molecule has 2 heterocycles. The first-order chi connectivity index (χ1) is 11.2. The van der Waals surface area contributed by atoms with Gasteiger partial charge in [-0.05, 0) is 62.3 Å². The Bertz CT molecular complexity index is 613. The summed E-state index contributed by atoms with van der Waals surface area (Å²) in [5, 5.41) is 0. The number of rotatable bonds is 5. The summed E-state index contributed by atoms with van der Waals surface area (Å²) in [7, 11) is 1.89. The molecule has 4 heteroatoms. The summed E-state index contributed by atoms with van der Waals surface area (Å²) in [6.45, 7) is 4.11. The van der Waals surface area contributed by atoms with Crippen molar-refractivity contribution in [3.05, 3.63) is 54.4 Å². The van der Waals surface area contributed by atoms with E-state index in [1.807, 2.05) is 65.3 Å². The third-order valence-corrected chi connectivity index (χ3v) is 4.56. The van der Waals surface area contributed by atoms with Gasteiger partial charge in [-0.3, -0.25) is 4.79 Å². The fourth-order valence-electron chi connectivity index (χ4n) is 3.08. The Hall–Kier alpha value is -2.07. The van der Waals surface area contributed by atoms with Gasteiger partial charge in [-0.2, -0.15) is 0 Å². The monoisotopic (exact) mass is 311 g/mol. The summed E-state index contributed by atoms with van der Waals surface area (Å²) in [4.78, 5) is 16.8. The molecule has 0 aliphatic carbocycles. The average molecular weight is 311 g/mol. The zero-order valence-corrected chi connectivity index (χ0v) is 13.8. The molecule has 0 radical (unpaired) electrons. The van der Waals surface area contributed by atoms with E-state index in [2.05, 4.69) is 4.90 Å². The molecule has 2 aromatic rings. The molecule has 0 unspecified atom stereocenters. The molecule has 0 N–H and O–H groups in total. The standard InChI is InChI=1S/C19H25N3O/c1-20(15-16-21-11-3-2-4-12-21)19(23)17-7-9-18(10-8-17)22-13-5-6-14-22/h5-10,13-14H,2-4,11-12,15-16H2,1H3. The average Bonchev–Trinajstić information content (AvgIpc) is 3.15. The minimum absolute atomic E-state index is 0.0982. The molecule has 1 aliphatic heterocycles. The molecule has 1 fully saturated rings. The molecule has 0 spiro atoms. The number of likely N-dealkylation sites (N-methyl/N-ethyl adjacent to an activating group) is 1. The number of nitrogens with zero attached hydrogens (tertiary/aromatic N) is 3. The van der Waals surface area contributed by atoms with Crippen LogP contribution in [0.25, 0.3) is 5.69 Å². The number of benzene rings is 1. The summed E-state index contributed by atoms with van der Waals surface area (Å²) < 4.78 is 2.04. The summed E-state index contributed by atoms with van der Waals surface area (Å²) in [6.07, 6.45) is 7.93. The van der Waals surface area contributed by atoms with E-state index in [1.165, 1.54) is 32.4 Å². The van der Waals surface area contributed by atoms with Gasteiger partial charge in [0.1, 0.15) is 0 Å². The zero-order valence-electron chi connectivity index (χ0n) is 13.8. The molecule has 0 saturated carbocycles. The summed E-state index contributed by atoms with van der Waals surface area (Å²) in [6, 6.07) is 11.8. The van der Waals surface area contributed by atoms with Gasteiger partial charge in [0.25, 0.3) is 5.91 Å². The largest absolute Gasteiger partial charge is 0.340 e. The first-order valence-corrected chi connectivity index (χ1v) is 8.45. The predicted molar refractivity (Wildman–Crippen MR) is 93.0 cm³/mol. The van der Waals surface area contributed by atoms with Crippen molar-refractivity contribution < 1.29 is 4.79 Å². The molecule has 1 saturated heterocycles. The first kappa shape index (κ1) is 15.8. The topological polar surface area (TPSA) is 28.5 Å². The fraction of sp³-hybridized carbons (Fsp3) is 0.421. The number of carbonyl (C=O) groups excluding carboxylic acids is 1. The number of hydrogen-bond donors (Lipinski definition) is 0. The number of carbonyl (C=O) groups is 1. The van der Waals surface area contributed by atoms with Gasteiger partial charge in [-0.15, -0.1) is 0 Å². The minimum atomic E-state index is 0.0982. The van der Waals surface area contributed by atoms with Crippen molar-refractivity contribution in [2.75, 3.05) is 33.2 Å². The lowest BCUT2D eigenvalue weighted by molar-refractivity contribution is 0.0773. The summed E-state index contributed by atoms with van der Waals surface area (Å²) >= 11 is 0. The van der Waals surface area contributed by atoms with E-state index in [0.717, 1.165) is 24.3 Å². The molecule has 0 bridgehead atoms. The molecular formula is C19H25N3O. The Labute approximate surface area is 138 Å². The quantitative estimate of drug-likeness (QED) is 0.849. The van der Waals surface area contributed by atoms with Crippen LogP contribution in [0.2, 0.25) is 0 Å². The highest BCUT2D eigenvalue weighted by molar-refractivity contribution is 5.94. The van der Waals surface area contributed by atoms with E-state index in [-0.39, 0.29) is 5.91 Å². The molecule has 4 nitrogen and oxygen atoms in total. The maximum absolute atomic E-state index is 12.5. The molecule has 1 aromatic carbocycles. The van der Waals surface area contributed by atoms with Crippen LogP contribution < -0.4 is 0 Å². The van der Waals surface area contributed by atoms with Crippen LogP contribution in [0.4, 0.5) is 0 Å². The van der Waals surface area contributed by atoms with Gasteiger partial charge in [0.05, 0.1) is 0 Å². The van der Waals surface area contributed by atoms with Gasteiger partial charge < -0.3 is 14.4 Å². The van der Waals surface area contributed by atoms with Gasteiger partial charge in [0, 0.05) is 43.8 Å². The highest BCUT2D eigenvalue weighted by atomic mass is 16.2. The maximum atomic E-state index is 12.5. The van der Waals surface area contributed by atoms with Crippen LogP contribution in [0, 0.1) is 0 Å². The molecule has 0 atom stereocenters. The molecule has 1 aromatic heterocycles. The van der Waals surface area contributed by atoms with Crippen molar-refractivity contribution in [1.82, 2.24) is 14.4 Å². The molecule has 122 valence electrons. The Balaban J connectivity index is 1.56. The molecule has 23 heavy (non-hydrogen) atoms. The van der Waals surface area contributed by atoms with E-state index < -0.39 is 0 Å². The lowest BCUT2D eigenvalue weighted by atomic mass is 10.1. The Morgan fingerprint density at radius 3 is 2.35 bits per heavy atom. The highest BCUT2D eigenvalue weighted by Gasteiger charge is 2.14. The van der Waals surface area contributed by atoms with Crippen molar-refractivity contribution in [3.63, 3.8) is 0 Å². The van der Waals surface area contributed by atoms with E-state index in [4.69, 9.17) is 0 Å². The van der Waals surface area contributed by atoms with Crippen molar-refractivity contribution in [2.24, 2.45) is 0 Å². The molecule has 3 rings (SSSR count). The highest BCUT2D eigenvalue weighted by Crippen LogP contribution is 2.12. The minimum Gasteiger partial charge on any atom is -0.340 e.